The second kappa shape index (κ2) is 6.19. The van der Waals surface area contributed by atoms with Crippen LogP contribution >= 0.6 is 0 Å². The minimum absolute atomic E-state index is 0.309. The van der Waals surface area contributed by atoms with Crippen molar-refractivity contribution >= 4 is 11.6 Å². The van der Waals surface area contributed by atoms with Gasteiger partial charge in [-0.25, -0.2) is 9.97 Å². The molecule has 1 aromatic heterocycles. The van der Waals surface area contributed by atoms with Crippen LogP contribution < -0.4 is 10.6 Å². The van der Waals surface area contributed by atoms with Crippen molar-refractivity contribution in [1.82, 2.24) is 14.9 Å². The summed E-state index contributed by atoms with van der Waals surface area (Å²) in [6.07, 6.45) is 1.22. The Hall–Kier alpha value is -1.36. The molecule has 0 radical (unpaired) electrons. The summed E-state index contributed by atoms with van der Waals surface area (Å²) in [4.78, 5) is 13.8. The van der Waals surface area contributed by atoms with Gasteiger partial charge in [-0.2, -0.15) is 0 Å². The van der Waals surface area contributed by atoms with Gasteiger partial charge in [-0.1, -0.05) is 20.8 Å². The van der Waals surface area contributed by atoms with E-state index in [1.807, 2.05) is 6.07 Å². The van der Waals surface area contributed by atoms with Gasteiger partial charge in [-0.3, -0.25) is 4.90 Å². The number of piperazine rings is 1. The zero-order valence-electron chi connectivity index (χ0n) is 12.3. The molecule has 0 saturated carbocycles. The molecule has 2 N–H and O–H groups in total. The normalized spacial score (nSPS) is 17.2. The lowest BCUT2D eigenvalue weighted by Crippen LogP contribution is -2.46. The Morgan fingerprint density at radius 1 is 1.21 bits per heavy atom. The van der Waals surface area contributed by atoms with Crippen molar-refractivity contribution in [3.8, 4) is 0 Å². The van der Waals surface area contributed by atoms with Gasteiger partial charge >= 0.3 is 0 Å². The molecule has 1 saturated heterocycles. The first-order valence-corrected chi connectivity index (χ1v) is 7.22. The minimum atomic E-state index is 0.309. The molecule has 0 aromatic carbocycles. The van der Waals surface area contributed by atoms with Gasteiger partial charge in [0, 0.05) is 38.2 Å². The van der Waals surface area contributed by atoms with Crippen LogP contribution in [-0.4, -0.2) is 47.6 Å². The number of aromatic nitrogens is 2. The van der Waals surface area contributed by atoms with E-state index in [1.165, 1.54) is 13.0 Å². The fraction of sp³-hybridized carbons (Fsp3) is 0.714. The maximum Gasteiger partial charge on any atom is 0.135 e. The van der Waals surface area contributed by atoms with Crippen molar-refractivity contribution in [2.24, 2.45) is 0 Å². The second-order valence-electron chi connectivity index (χ2n) is 5.49. The highest BCUT2D eigenvalue weighted by atomic mass is 15.3. The molecule has 5 nitrogen and oxygen atoms in total. The lowest BCUT2D eigenvalue weighted by Gasteiger charge is -2.35. The fourth-order valence-electron chi connectivity index (χ4n) is 2.41. The second-order valence-corrected chi connectivity index (χ2v) is 5.49. The van der Waals surface area contributed by atoms with E-state index < -0.39 is 0 Å². The molecule has 0 unspecified atom stereocenters. The molecule has 2 rings (SSSR count). The van der Waals surface area contributed by atoms with Gasteiger partial charge in [0.15, 0.2) is 0 Å². The Morgan fingerprint density at radius 2 is 1.89 bits per heavy atom. The number of nitrogen functional groups attached to an aromatic ring is 1. The van der Waals surface area contributed by atoms with Crippen LogP contribution in [0.3, 0.4) is 0 Å². The minimum Gasteiger partial charge on any atom is -0.384 e. The van der Waals surface area contributed by atoms with Crippen LogP contribution in [0.4, 0.5) is 11.6 Å². The number of hydrogen-bond donors (Lipinski definition) is 1. The van der Waals surface area contributed by atoms with Gasteiger partial charge < -0.3 is 10.6 Å². The third-order valence-corrected chi connectivity index (χ3v) is 3.50. The largest absolute Gasteiger partial charge is 0.384 e. The molecule has 1 aliphatic heterocycles. The molecule has 0 bridgehead atoms. The lowest BCUT2D eigenvalue weighted by atomic mass is 10.2. The first-order chi connectivity index (χ1) is 9.10. The number of anilines is 2. The third kappa shape index (κ3) is 3.56. The Labute approximate surface area is 115 Å². The maximum atomic E-state index is 5.89. The highest BCUT2D eigenvalue weighted by molar-refractivity contribution is 5.47. The monoisotopic (exact) mass is 263 g/mol. The SMILES string of the molecule is CCCN1CCN(c2cc(N)nc(C(C)C)n2)CC1. The van der Waals surface area contributed by atoms with E-state index in [0.717, 1.165) is 37.8 Å². The van der Waals surface area contributed by atoms with Crippen LogP contribution in [0, 0.1) is 0 Å². The third-order valence-electron chi connectivity index (χ3n) is 3.50. The number of nitrogens with zero attached hydrogens (tertiary/aromatic N) is 4. The zero-order chi connectivity index (χ0) is 13.8. The van der Waals surface area contributed by atoms with E-state index in [4.69, 9.17) is 5.73 Å². The smallest absolute Gasteiger partial charge is 0.135 e. The number of nitrogens with two attached hydrogens (primary N) is 1. The first-order valence-electron chi connectivity index (χ1n) is 7.22. The lowest BCUT2D eigenvalue weighted by molar-refractivity contribution is 0.258. The molecule has 19 heavy (non-hydrogen) atoms. The predicted molar refractivity (Wildman–Crippen MR) is 79.5 cm³/mol. The van der Waals surface area contributed by atoms with Gasteiger partial charge in [0.1, 0.15) is 17.5 Å². The van der Waals surface area contributed by atoms with Crippen LogP contribution in [0.25, 0.3) is 0 Å². The highest BCUT2D eigenvalue weighted by Crippen LogP contribution is 2.19. The summed E-state index contributed by atoms with van der Waals surface area (Å²) in [5, 5.41) is 0. The molecule has 1 fully saturated rings. The first kappa shape index (κ1) is 14.1. The summed E-state index contributed by atoms with van der Waals surface area (Å²) in [5.74, 6) is 2.70. The van der Waals surface area contributed by atoms with Crippen molar-refractivity contribution in [3.63, 3.8) is 0 Å². The standard InChI is InChI=1S/C14H25N5/c1-4-5-18-6-8-19(9-7-18)13-10-12(15)16-14(17-13)11(2)3/h10-11H,4-9H2,1-3H3,(H2,15,16,17). The summed E-state index contributed by atoms with van der Waals surface area (Å²) < 4.78 is 0. The molecule has 0 amide bonds. The molecule has 1 aliphatic rings. The molecule has 1 aromatic rings. The van der Waals surface area contributed by atoms with Gasteiger partial charge in [0.25, 0.3) is 0 Å². The summed E-state index contributed by atoms with van der Waals surface area (Å²) in [5.41, 5.74) is 5.89. The van der Waals surface area contributed by atoms with Crippen molar-refractivity contribution in [1.29, 1.82) is 0 Å². The fourth-order valence-corrected chi connectivity index (χ4v) is 2.41. The highest BCUT2D eigenvalue weighted by Gasteiger charge is 2.18. The van der Waals surface area contributed by atoms with Gasteiger partial charge in [0.2, 0.25) is 0 Å². The molecule has 106 valence electrons. The van der Waals surface area contributed by atoms with Crippen molar-refractivity contribution in [2.45, 2.75) is 33.1 Å². The Kier molecular flexibility index (Phi) is 4.58. The van der Waals surface area contributed by atoms with E-state index in [1.54, 1.807) is 0 Å². The Morgan fingerprint density at radius 3 is 2.47 bits per heavy atom. The van der Waals surface area contributed by atoms with Crippen LogP contribution in [0.1, 0.15) is 38.9 Å². The topological polar surface area (TPSA) is 58.3 Å². The van der Waals surface area contributed by atoms with E-state index in [2.05, 4.69) is 40.5 Å². The molecule has 5 heteroatoms. The Balaban J connectivity index is 2.06. The van der Waals surface area contributed by atoms with Gasteiger partial charge in [0.05, 0.1) is 0 Å². The molecule has 2 heterocycles. The summed E-state index contributed by atoms with van der Waals surface area (Å²) in [6, 6.07) is 1.89. The summed E-state index contributed by atoms with van der Waals surface area (Å²) in [6.45, 7) is 11.9. The van der Waals surface area contributed by atoms with E-state index in [-0.39, 0.29) is 0 Å². The molecular formula is C14H25N5. The van der Waals surface area contributed by atoms with Gasteiger partial charge in [-0.15, -0.1) is 0 Å². The average molecular weight is 263 g/mol. The van der Waals surface area contributed by atoms with E-state index >= 15 is 0 Å². The number of hydrogen-bond acceptors (Lipinski definition) is 5. The molecule has 0 spiro atoms. The number of rotatable bonds is 4. The quantitative estimate of drug-likeness (QED) is 0.896. The van der Waals surface area contributed by atoms with Crippen molar-refractivity contribution in [2.75, 3.05) is 43.4 Å². The van der Waals surface area contributed by atoms with E-state index in [9.17, 15) is 0 Å². The predicted octanol–water partition coefficient (Wildman–Crippen LogP) is 1.71. The van der Waals surface area contributed by atoms with Crippen LogP contribution in [0.5, 0.6) is 0 Å². The summed E-state index contributed by atoms with van der Waals surface area (Å²) in [7, 11) is 0. The molecule has 0 atom stereocenters. The average Bonchev–Trinajstić information content (AvgIpc) is 2.39. The molecular weight excluding hydrogens is 238 g/mol. The van der Waals surface area contributed by atoms with Crippen LogP contribution in [-0.2, 0) is 0 Å². The van der Waals surface area contributed by atoms with Crippen molar-refractivity contribution in [3.05, 3.63) is 11.9 Å². The van der Waals surface area contributed by atoms with Crippen LogP contribution in [0.2, 0.25) is 0 Å². The van der Waals surface area contributed by atoms with E-state index in [0.29, 0.717) is 11.7 Å². The van der Waals surface area contributed by atoms with Gasteiger partial charge in [-0.05, 0) is 13.0 Å². The van der Waals surface area contributed by atoms with Crippen LogP contribution in [0.15, 0.2) is 6.07 Å². The van der Waals surface area contributed by atoms with Crippen molar-refractivity contribution < 1.29 is 0 Å². The molecule has 0 aliphatic carbocycles. The Bertz CT molecular complexity index is 410. The maximum absolute atomic E-state index is 5.89. The summed E-state index contributed by atoms with van der Waals surface area (Å²) >= 11 is 0. The zero-order valence-corrected chi connectivity index (χ0v) is 12.3.